The average molecular weight is 218 g/mol. The summed E-state index contributed by atoms with van der Waals surface area (Å²) in [5.41, 5.74) is -0.422. The number of rotatable bonds is 2. The fraction of sp³-hybridized carbons (Fsp3) is 0.700. The molecule has 0 radical (unpaired) electrons. The van der Waals surface area contributed by atoms with E-state index in [-0.39, 0.29) is 18.4 Å². The molecular formula is C10H16ClNO2. The van der Waals surface area contributed by atoms with Gasteiger partial charge < -0.3 is 10.1 Å². The molecule has 0 aromatic rings. The number of halogens is 1. The molecule has 1 rings (SSSR count). The molecule has 4 heteroatoms. The normalized spacial score (nSPS) is 18.9. The van der Waals surface area contributed by atoms with Crippen LogP contribution in [0.25, 0.3) is 0 Å². The molecule has 0 aromatic heterocycles. The second kappa shape index (κ2) is 5.90. The third-order valence-corrected chi connectivity index (χ3v) is 2.62. The SMILES string of the molecule is C#CCC1(C(=O)OC)CCNCC1.Cl. The number of carbonyl (C=O) groups is 1. The Morgan fingerprint density at radius 1 is 1.57 bits per heavy atom. The van der Waals surface area contributed by atoms with Crippen LogP contribution < -0.4 is 5.32 Å². The lowest BCUT2D eigenvalue weighted by Crippen LogP contribution is -2.42. The predicted octanol–water partition coefficient (Wildman–Crippen LogP) is 0.974. The van der Waals surface area contributed by atoms with E-state index in [1.54, 1.807) is 0 Å². The Hall–Kier alpha value is -0.720. The molecule has 1 aliphatic heterocycles. The van der Waals surface area contributed by atoms with Crippen LogP contribution >= 0.6 is 12.4 Å². The number of piperidine rings is 1. The van der Waals surface area contributed by atoms with Gasteiger partial charge in [0, 0.05) is 6.42 Å². The van der Waals surface area contributed by atoms with Crippen LogP contribution in [0.15, 0.2) is 0 Å². The molecule has 0 saturated carbocycles. The van der Waals surface area contributed by atoms with Crippen molar-refractivity contribution in [2.45, 2.75) is 19.3 Å². The van der Waals surface area contributed by atoms with E-state index >= 15 is 0 Å². The van der Waals surface area contributed by atoms with Gasteiger partial charge in [0.05, 0.1) is 12.5 Å². The molecule has 1 fully saturated rings. The highest BCUT2D eigenvalue weighted by atomic mass is 35.5. The molecule has 0 atom stereocenters. The topological polar surface area (TPSA) is 38.3 Å². The van der Waals surface area contributed by atoms with Gasteiger partial charge in [-0.2, -0.15) is 0 Å². The minimum absolute atomic E-state index is 0. The number of esters is 1. The number of methoxy groups -OCH3 is 1. The van der Waals surface area contributed by atoms with Gasteiger partial charge in [-0.3, -0.25) is 4.79 Å². The van der Waals surface area contributed by atoms with E-state index in [1.807, 2.05) is 0 Å². The second-order valence-electron chi connectivity index (χ2n) is 3.40. The van der Waals surface area contributed by atoms with E-state index in [2.05, 4.69) is 11.2 Å². The lowest BCUT2D eigenvalue weighted by molar-refractivity contribution is -0.154. The zero-order valence-electron chi connectivity index (χ0n) is 8.34. The molecule has 0 bridgehead atoms. The van der Waals surface area contributed by atoms with Crippen molar-refractivity contribution in [1.29, 1.82) is 0 Å². The van der Waals surface area contributed by atoms with Gasteiger partial charge in [0.25, 0.3) is 0 Å². The lowest BCUT2D eigenvalue weighted by atomic mass is 9.76. The van der Waals surface area contributed by atoms with Crippen LogP contribution in [0, 0.1) is 17.8 Å². The predicted molar refractivity (Wildman–Crippen MR) is 57.3 cm³/mol. The van der Waals surface area contributed by atoms with Gasteiger partial charge in [0.1, 0.15) is 0 Å². The molecule has 80 valence electrons. The van der Waals surface area contributed by atoms with Crippen LogP contribution in [0.3, 0.4) is 0 Å². The molecule has 0 aromatic carbocycles. The minimum atomic E-state index is -0.422. The standard InChI is InChI=1S/C10H15NO2.ClH/c1-3-4-10(9(12)13-2)5-7-11-8-6-10;/h1,11H,4-8H2,2H3;1H. The maximum absolute atomic E-state index is 11.5. The third kappa shape index (κ3) is 2.63. The van der Waals surface area contributed by atoms with Crippen LogP contribution in [0.1, 0.15) is 19.3 Å². The summed E-state index contributed by atoms with van der Waals surface area (Å²) in [6, 6.07) is 0. The van der Waals surface area contributed by atoms with Crippen molar-refractivity contribution in [3.05, 3.63) is 0 Å². The van der Waals surface area contributed by atoms with Gasteiger partial charge in [-0.05, 0) is 25.9 Å². The summed E-state index contributed by atoms with van der Waals surface area (Å²) in [5, 5.41) is 3.20. The Labute approximate surface area is 91.0 Å². The number of hydrogen-bond donors (Lipinski definition) is 1. The minimum Gasteiger partial charge on any atom is -0.469 e. The van der Waals surface area contributed by atoms with Crippen molar-refractivity contribution in [3.63, 3.8) is 0 Å². The summed E-state index contributed by atoms with van der Waals surface area (Å²) < 4.78 is 4.78. The number of hydrogen-bond acceptors (Lipinski definition) is 3. The average Bonchev–Trinajstić information content (AvgIpc) is 2.18. The van der Waals surface area contributed by atoms with Crippen molar-refractivity contribution in [2.75, 3.05) is 20.2 Å². The molecule has 1 aliphatic rings. The maximum atomic E-state index is 11.5. The van der Waals surface area contributed by atoms with Crippen LogP contribution in [0.2, 0.25) is 0 Å². The quantitative estimate of drug-likeness (QED) is 0.554. The largest absolute Gasteiger partial charge is 0.469 e. The number of ether oxygens (including phenoxy) is 1. The Balaban J connectivity index is 0.00000169. The molecular weight excluding hydrogens is 202 g/mol. The summed E-state index contributed by atoms with van der Waals surface area (Å²) in [6.45, 7) is 1.69. The number of carbonyl (C=O) groups excluding carboxylic acids is 1. The van der Waals surface area contributed by atoms with Crippen molar-refractivity contribution in [3.8, 4) is 12.3 Å². The fourth-order valence-electron chi connectivity index (χ4n) is 1.77. The Morgan fingerprint density at radius 3 is 2.57 bits per heavy atom. The van der Waals surface area contributed by atoms with Crippen LogP contribution in [0.4, 0.5) is 0 Å². The van der Waals surface area contributed by atoms with Gasteiger partial charge in [0.2, 0.25) is 0 Å². The highest BCUT2D eigenvalue weighted by Crippen LogP contribution is 2.33. The van der Waals surface area contributed by atoms with Gasteiger partial charge in [-0.25, -0.2) is 0 Å². The van der Waals surface area contributed by atoms with Gasteiger partial charge in [-0.1, -0.05) is 0 Å². The van der Waals surface area contributed by atoms with Crippen LogP contribution in [0.5, 0.6) is 0 Å². The zero-order chi connectivity index (χ0) is 9.73. The van der Waals surface area contributed by atoms with E-state index in [0.29, 0.717) is 6.42 Å². The molecule has 1 heterocycles. The molecule has 0 spiro atoms. The fourth-order valence-corrected chi connectivity index (χ4v) is 1.77. The smallest absolute Gasteiger partial charge is 0.312 e. The van der Waals surface area contributed by atoms with Gasteiger partial charge in [-0.15, -0.1) is 24.8 Å². The van der Waals surface area contributed by atoms with E-state index < -0.39 is 5.41 Å². The molecule has 3 nitrogen and oxygen atoms in total. The summed E-state index contributed by atoms with van der Waals surface area (Å²) >= 11 is 0. The molecule has 1 N–H and O–H groups in total. The van der Waals surface area contributed by atoms with Crippen LogP contribution in [-0.4, -0.2) is 26.2 Å². The number of terminal acetylenes is 1. The first kappa shape index (κ1) is 13.3. The first-order valence-electron chi connectivity index (χ1n) is 4.48. The highest BCUT2D eigenvalue weighted by molar-refractivity contribution is 5.85. The van der Waals surface area contributed by atoms with E-state index in [0.717, 1.165) is 25.9 Å². The summed E-state index contributed by atoms with van der Waals surface area (Å²) in [6.07, 6.45) is 7.31. The van der Waals surface area contributed by atoms with E-state index in [9.17, 15) is 4.79 Å². The van der Waals surface area contributed by atoms with E-state index in [1.165, 1.54) is 7.11 Å². The summed E-state index contributed by atoms with van der Waals surface area (Å²) in [4.78, 5) is 11.5. The van der Waals surface area contributed by atoms with Crippen molar-refractivity contribution in [1.82, 2.24) is 5.32 Å². The maximum Gasteiger partial charge on any atom is 0.312 e. The van der Waals surface area contributed by atoms with E-state index in [4.69, 9.17) is 11.2 Å². The van der Waals surface area contributed by atoms with Gasteiger partial charge >= 0.3 is 5.97 Å². The highest BCUT2D eigenvalue weighted by Gasteiger charge is 2.39. The lowest BCUT2D eigenvalue weighted by Gasteiger charge is -2.33. The van der Waals surface area contributed by atoms with Crippen molar-refractivity contribution < 1.29 is 9.53 Å². The molecule has 14 heavy (non-hydrogen) atoms. The summed E-state index contributed by atoms with van der Waals surface area (Å²) in [7, 11) is 1.42. The molecule has 0 amide bonds. The van der Waals surface area contributed by atoms with Crippen molar-refractivity contribution >= 4 is 18.4 Å². The Bertz CT molecular complexity index is 229. The molecule has 0 unspecified atom stereocenters. The molecule has 0 aliphatic carbocycles. The Kier molecular flexibility index (Phi) is 5.59. The Morgan fingerprint density at radius 2 is 2.14 bits per heavy atom. The summed E-state index contributed by atoms with van der Waals surface area (Å²) in [5.74, 6) is 2.40. The van der Waals surface area contributed by atoms with Crippen LogP contribution in [-0.2, 0) is 9.53 Å². The third-order valence-electron chi connectivity index (χ3n) is 2.62. The zero-order valence-corrected chi connectivity index (χ0v) is 9.15. The number of nitrogens with one attached hydrogen (secondary N) is 1. The monoisotopic (exact) mass is 217 g/mol. The first-order chi connectivity index (χ1) is 6.25. The first-order valence-corrected chi connectivity index (χ1v) is 4.48. The van der Waals surface area contributed by atoms with Crippen molar-refractivity contribution in [2.24, 2.45) is 5.41 Å². The van der Waals surface area contributed by atoms with Gasteiger partial charge in [0.15, 0.2) is 0 Å². The second-order valence-corrected chi connectivity index (χ2v) is 3.40. The molecule has 1 saturated heterocycles.